The first kappa shape index (κ1) is 11.7. The molecule has 2 bridgehead atoms. The van der Waals surface area contributed by atoms with Crippen molar-refractivity contribution in [2.45, 2.75) is 24.5 Å². The highest BCUT2D eigenvalue weighted by Gasteiger charge is 2.51. The lowest BCUT2D eigenvalue weighted by molar-refractivity contribution is -0.149. The molecule has 4 nitrogen and oxygen atoms in total. The van der Waals surface area contributed by atoms with Gasteiger partial charge in [0, 0.05) is 10.9 Å². The third kappa shape index (κ3) is 1.32. The molecule has 1 aromatic heterocycles. The Morgan fingerprint density at radius 2 is 2.15 bits per heavy atom. The molecule has 4 heteroatoms. The minimum Gasteiger partial charge on any atom is -0.468 e. The van der Waals surface area contributed by atoms with Crippen LogP contribution in [0.1, 0.15) is 24.2 Å². The van der Waals surface area contributed by atoms with E-state index in [1.54, 1.807) is 0 Å². The third-order valence-corrected chi connectivity index (χ3v) is 4.16. The summed E-state index contributed by atoms with van der Waals surface area (Å²) in [6.45, 7) is 1.96. The van der Waals surface area contributed by atoms with Crippen LogP contribution in [0.4, 0.5) is 0 Å². The van der Waals surface area contributed by atoms with E-state index in [2.05, 4.69) is 0 Å². The molecule has 0 amide bonds. The Morgan fingerprint density at radius 3 is 2.95 bits per heavy atom. The van der Waals surface area contributed by atoms with Crippen molar-refractivity contribution in [1.82, 2.24) is 0 Å². The summed E-state index contributed by atoms with van der Waals surface area (Å²) < 4.78 is 16.9. The van der Waals surface area contributed by atoms with E-state index < -0.39 is 11.5 Å². The standard InChI is InChI=1S/C16H14O4/c1-16-8-7-11(20-16)13(15(17)18-2)12-9-5-3-4-6-10(9)19-14(12)16/h3-8,11,13H,1-2H3/t11-,13+,16?/m1/s1. The van der Waals surface area contributed by atoms with Gasteiger partial charge in [-0.05, 0) is 19.1 Å². The Morgan fingerprint density at radius 1 is 1.35 bits per heavy atom. The van der Waals surface area contributed by atoms with Crippen LogP contribution in [0.15, 0.2) is 40.8 Å². The second-order valence-corrected chi connectivity index (χ2v) is 5.39. The average molecular weight is 270 g/mol. The zero-order valence-corrected chi connectivity index (χ0v) is 11.3. The molecular formula is C16H14O4. The number of carbonyl (C=O) groups is 1. The van der Waals surface area contributed by atoms with Gasteiger partial charge in [-0.2, -0.15) is 0 Å². The summed E-state index contributed by atoms with van der Waals surface area (Å²) in [5.41, 5.74) is 1.08. The normalized spacial score (nSPS) is 30.5. The molecule has 3 heterocycles. The van der Waals surface area contributed by atoms with Gasteiger partial charge in [0.2, 0.25) is 0 Å². The zero-order valence-electron chi connectivity index (χ0n) is 11.3. The Balaban J connectivity index is 2.05. The van der Waals surface area contributed by atoms with Crippen LogP contribution in [0.25, 0.3) is 11.0 Å². The SMILES string of the molecule is COC(=O)[C@@H]1c2c(oc3ccccc23)C2(C)C=C[C@H]1O2. The zero-order chi connectivity index (χ0) is 13.9. The van der Waals surface area contributed by atoms with E-state index >= 15 is 0 Å². The van der Waals surface area contributed by atoms with Crippen LogP contribution in [0.2, 0.25) is 0 Å². The topological polar surface area (TPSA) is 48.7 Å². The van der Waals surface area contributed by atoms with Crippen LogP contribution in [0.3, 0.4) is 0 Å². The number of methoxy groups -OCH3 is 1. The summed E-state index contributed by atoms with van der Waals surface area (Å²) in [6.07, 6.45) is 3.59. The molecule has 2 aromatic rings. The molecule has 0 fully saturated rings. The number of benzene rings is 1. The number of para-hydroxylation sites is 1. The summed E-state index contributed by atoms with van der Waals surface area (Å²) in [6, 6.07) is 7.74. The number of fused-ring (bicyclic) bond motifs is 6. The number of hydrogen-bond acceptors (Lipinski definition) is 4. The van der Waals surface area contributed by atoms with Gasteiger partial charge >= 0.3 is 5.97 Å². The minimum atomic E-state index is -0.594. The van der Waals surface area contributed by atoms with Gasteiger partial charge in [-0.1, -0.05) is 24.3 Å². The molecule has 1 unspecified atom stereocenters. The highest BCUT2D eigenvalue weighted by atomic mass is 16.5. The van der Waals surface area contributed by atoms with E-state index in [1.165, 1.54) is 7.11 Å². The summed E-state index contributed by atoms with van der Waals surface area (Å²) in [5.74, 6) is -0.0546. The van der Waals surface area contributed by atoms with E-state index in [-0.39, 0.29) is 12.1 Å². The molecule has 1 aromatic carbocycles. The van der Waals surface area contributed by atoms with Gasteiger partial charge in [0.1, 0.15) is 22.9 Å². The molecule has 0 saturated heterocycles. The predicted molar refractivity (Wildman–Crippen MR) is 72.3 cm³/mol. The van der Waals surface area contributed by atoms with Crippen molar-refractivity contribution < 1.29 is 18.7 Å². The van der Waals surface area contributed by atoms with Crippen LogP contribution >= 0.6 is 0 Å². The Bertz CT molecular complexity index is 742. The molecule has 0 radical (unpaired) electrons. The monoisotopic (exact) mass is 270 g/mol. The van der Waals surface area contributed by atoms with Crippen LogP contribution in [0.5, 0.6) is 0 Å². The molecule has 0 N–H and O–H groups in total. The first-order chi connectivity index (χ1) is 9.64. The van der Waals surface area contributed by atoms with Gasteiger partial charge in [-0.25, -0.2) is 0 Å². The lowest BCUT2D eigenvalue weighted by atomic mass is 9.86. The van der Waals surface area contributed by atoms with Gasteiger partial charge in [-0.3, -0.25) is 4.79 Å². The molecule has 0 aliphatic carbocycles. The lowest BCUT2D eigenvalue weighted by Gasteiger charge is -2.33. The van der Waals surface area contributed by atoms with E-state index in [0.29, 0.717) is 5.76 Å². The smallest absolute Gasteiger partial charge is 0.316 e. The predicted octanol–water partition coefficient (Wildman–Crippen LogP) is 2.87. The van der Waals surface area contributed by atoms with Crippen molar-refractivity contribution in [3.05, 3.63) is 47.7 Å². The lowest BCUT2D eigenvalue weighted by Crippen LogP contribution is -2.37. The highest BCUT2D eigenvalue weighted by Crippen LogP contribution is 2.50. The van der Waals surface area contributed by atoms with Crippen molar-refractivity contribution in [1.29, 1.82) is 0 Å². The second-order valence-electron chi connectivity index (χ2n) is 5.39. The average Bonchev–Trinajstić information content (AvgIpc) is 3.00. The second kappa shape index (κ2) is 3.73. The fourth-order valence-corrected chi connectivity index (χ4v) is 3.23. The largest absolute Gasteiger partial charge is 0.468 e. The van der Waals surface area contributed by atoms with Crippen molar-refractivity contribution in [2.24, 2.45) is 0 Å². The number of hydrogen-bond donors (Lipinski definition) is 0. The van der Waals surface area contributed by atoms with E-state index in [4.69, 9.17) is 13.9 Å². The van der Waals surface area contributed by atoms with Crippen LogP contribution < -0.4 is 0 Å². The minimum absolute atomic E-state index is 0.291. The van der Waals surface area contributed by atoms with Gasteiger partial charge < -0.3 is 13.9 Å². The van der Waals surface area contributed by atoms with Gasteiger partial charge in [0.15, 0.2) is 0 Å². The molecule has 2 aliphatic heterocycles. The van der Waals surface area contributed by atoms with Gasteiger partial charge in [0.05, 0.1) is 13.2 Å². The number of esters is 1. The maximum atomic E-state index is 12.2. The van der Waals surface area contributed by atoms with Crippen molar-refractivity contribution in [3.8, 4) is 0 Å². The van der Waals surface area contributed by atoms with Crippen molar-refractivity contribution in [2.75, 3.05) is 7.11 Å². The fourth-order valence-electron chi connectivity index (χ4n) is 3.23. The Labute approximate surface area is 116 Å². The first-order valence-corrected chi connectivity index (χ1v) is 6.61. The van der Waals surface area contributed by atoms with Crippen molar-refractivity contribution in [3.63, 3.8) is 0 Å². The number of rotatable bonds is 1. The number of carbonyl (C=O) groups excluding carboxylic acids is 1. The quantitative estimate of drug-likeness (QED) is 0.590. The van der Waals surface area contributed by atoms with Gasteiger partial charge in [0.25, 0.3) is 0 Å². The molecule has 20 heavy (non-hydrogen) atoms. The molecular weight excluding hydrogens is 256 g/mol. The Kier molecular flexibility index (Phi) is 2.19. The van der Waals surface area contributed by atoms with Crippen LogP contribution in [-0.4, -0.2) is 19.2 Å². The first-order valence-electron chi connectivity index (χ1n) is 6.61. The molecule has 0 spiro atoms. The summed E-state index contributed by atoms with van der Waals surface area (Å²) in [5, 5.41) is 0.959. The summed E-state index contributed by atoms with van der Waals surface area (Å²) in [7, 11) is 1.40. The van der Waals surface area contributed by atoms with Gasteiger partial charge in [-0.15, -0.1) is 0 Å². The third-order valence-electron chi connectivity index (χ3n) is 4.16. The molecule has 2 aliphatic rings. The fraction of sp³-hybridized carbons (Fsp3) is 0.312. The summed E-state index contributed by atoms with van der Waals surface area (Å²) in [4.78, 5) is 12.2. The molecule has 4 rings (SSSR count). The van der Waals surface area contributed by atoms with E-state index in [0.717, 1.165) is 16.5 Å². The molecule has 0 saturated carbocycles. The maximum Gasteiger partial charge on any atom is 0.316 e. The van der Waals surface area contributed by atoms with Crippen molar-refractivity contribution >= 4 is 16.9 Å². The summed E-state index contributed by atoms with van der Waals surface area (Å²) >= 11 is 0. The maximum absolute atomic E-state index is 12.2. The van der Waals surface area contributed by atoms with E-state index in [9.17, 15) is 4.79 Å². The van der Waals surface area contributed by atoms with Crippen LogP contribution in [-0.2, 0) is 19.9 Å². The molecule has 3 atom stereocenters. The Hall–Kier alpha value is -2.07. The van der Waals surface area contributed by atoms with E-state index in [1.807, 2.05) is 43.3 Å². The highest BCUT2D eigenvalue weighted by molar-refractivity contribution is 5.91. The number of ether oxygens (including phenoxy) is 2. The van der Waals surface area contributed by atoms with Crippen LogP contribution in [0, 0.1) is 0 Å². The number of furan rings is 1. The molecule has 102 valence electrons.